The molecule has 8 heteroatoms. The predicted molar refractivity (Wildman–Crippen MR) is 143 cm³/mol. The molecular weight excluding hydrogens is 470 g/mol. The van der Waals surface area contributed by atoms with E-state index < -0.39 is 5.25 Å². The molecule has 0 aliphatic rings. The van der Waals surface area contributed by atoms with Gasteiger partial charge >= 0.3 is 0 Å². The lowest BCUT2D eigenvalue weighted by Gasteiger charge is -2.22. The largest absolute Gasteiger partial charge is 0.344 e. The molecule has 0 bridgehead atoms. The number of para-hydroxylation sites is 1. The number of nitrogens with one attached hydrogen (secondary N) is 1. The Balaban J connectivity index is 1.47. The molecule has 3 aromatic carbocycles. The van der Waals surface area contributed by atoms with E-state index in [4.69, 9.17) is 0 Å². The highest BCUT2D eigenvalue weighted by Gasteiger charge is 2.24. The van der Waals surface area contributed by atoms with Gasteiger partial charge in [0.1, 0.15) is 0 Å². The molecule has 1 amide bonds. The first kappa shape index (κ1) is 23.8. The lowest BCUT2D eigenvalue weighted by molar-refractivity contribution is -0.120. The van der Waals surface area contributed by atoms with E-state index in [0.29, 0.717) is 22.9 Å². The predicted octanol–water partition coefficient (Wildman–Crippen LogP) is 4.84. The Bertz CT molecular complexity index is 1520. The summed E-state index contributed by atoms with van der Waals surface area (Å²) in [6.45, 7) is 4.42. The Kier molecular flexibility index (Phi) is 6.86. The zero-order chi connectivity index (χ0) is 25.1. The Morgan fingerprint density at radius 1 is 0.917 bits per heavy atom. The van der Waals surface area contributed by atoms with Gasteiger partial charge in [-0.25, -0.2) is 0 Å². The fourth-order valence-electron chi connectivity index (χ4n) is 4.36. The minimum Gasteiger partial charge on any atom is -0.344 e. The molecule has 0 radical (unpaired) electrons. The molecular formula is C28H27N5O2S. The first-order valence-electron chi connectivity index (χ1n) is 12.0. The number of hydrogen-bond acceptors (Lipinski definition) is 5. The molecule has 2 aromatic heterocycles. The number of fused-ring (bicyclic) bond motifs is 3. The van der Waals surface area contributed by atoms with Gasteiger partial charge in [-0.2, -0.15) is 0 Å². The minimum atomic E-state index is -0.447. The van der Waals surface area contributed by atoms with Gasteiger partial charge in [0.05, 0.1) is 22.2 Å². The van der Waals surface area contributed by atoms with Gasteiger partial charge in [0.25, 0.3) is 5.56 Å². The van der Waals surface area contributed by atoms with E-state index in [2.05, 4.69) is 15.5 Å². The van der Waals surface area contributed by atoms with Crippen LogP contribution >= 0.6 is 11.8 Å². The molecule has 5 rings (SSSR count). The number of aromatic nitrogens is 4. The molecule has 182 valence electrons. The number of hydrogen-bond donors (Lipinski definition) is 1. The van der Waals surface area contributed by atoms with Crippen LogP contribution in [-0.4, -0.2) is 30.3 Å². The topological polar surface area (TPSA) is 81.3 Å². The lowest BCUT2D eigenvalue weighted by atomic mass is 9.98. The van der Waals surface area contributed by atoms with Crippen LogP contribution in [0.4, 0.5) is 0 Å². The van der Waals surface area contributed by atoms with E-state index in [-0.39, 0.29) is 17.5 Å². The number of amides is 1. The molecule has 7 nitrogen and oxygen atoms in total. The van der Waals surface area contributed by atoms with Crippen molar-refractivity contribution >= 4 is 34.3 Å². The molecule has 2 heterocycles. The summed E-state index contributed by atoms with van der Waals surface area (Å²) < 4.78 is 3.54. The average molecular weight is 498 g/mol. The first-order valence-corrected chi connectivity index (χ1v) is 12.9. The van der Waals surface area contributed by atoms with Crippen LogP contribution < -0.4 is 10.9 Å². The third-order valence-electron chi connectivity index (χ3n) is 6.13. The number of aryl methyl sites for hydroxylation is 1. The quantitative estimate of drug-likeness (QED) is 0.310. The number of nitrogens with zero attached hydrogens (tertiary/aromatic N) is 4. The monoisotopic (exact) mass is 497 g/mol. The fourth-order valence-corrected chi connectivity index (χ4v) is 5.22. The number of thioether (sulfide) groups is 1. The van der Waals surface area contributed by atoms with Gasteiger partial charge in [0.2, 0.25) is 11.7 Å². The van der Waals surface area contributed by atoms with Gasteiger partial charge in [-0.3, -0.25) is 18.6 Å². The van der Waals surface area contributed by atoms with E-state index in [1.807, 2.05) is 103 Å². The molecule has 36 heavy (non-hydrogen) atoms. The van der Waals surface area contributed by atoms with Gasteiger partial charge < -0.3 is 5.32 Å². The van der Waals surface area contributed by atoms with Crippen LogP contribution in [0, 0.1) is 0 Å². The maximum absolute atomic E-state index is 13.4. The zero-order valence-corrected chi connectivity index (χ0v) is 21.0. The Morgan fingerprint density at radius 2 is 1.53 bits per heavy atom. The summed E-state index contributed by atoms with van der Waals surface area (Å²) in [4.78, 5) is 26.5. The van der Waals surface area contributed by atoms with Crippen LogP contribution in [0.5, 0.6) is 0 Å². The van der Waals surface area contributed by atoms with Crippen molar-refractivity contribution in [2.45, 2.75) is 43.3 Å². The number of carbonyl (C=O) groups is 1. The van der Waals surface area contributed by atoms with E-state index >= 15 is 0 Å². The van der Waals surface area contributed by atoms with Crippen molar-refractivity contribution in [2.75, 3.05) is 0 Å². The summed E-state index contributed by atoms with van der Waals surface area (Å²) in [6.07, 6.45) is 0.794. The summed E-state index contributed by atoms with van der Waals surface area (Å²) in [6, 6.07) is 27.0. The summed E-state index contributed by atoms with van der Waals surface area (Å²) in [7, 11) is 0. The zero-order valence-electron chi connectivity index (χ0n) is 20.2. The molecule has 0 aliphatic heterocycles. The normalized spacial score (nSPS) is 12.3. The van der Waals surface area contributed by atoms with Crippen molar-refractivity contribution in [3.8, 4) is 0 Å². The minimum absolute atomic E-state index is 0.0803. The molecule has 0 aliphatic carbocycles. The molecule has 0 saturated heterocycles. The van der Waals surface area contributed by atoms with Crippen LogP contribution in [-0.2, 0) is 11.3 Å². The molecule has 0 spiro atoms. The van der Waals surface area contributed by atoms with Crippen LogP contribution in [0.2, 0.25) is 0 Å². The van der Waals surface area contributed by atoms with E-state index in [0.717, 1.165) is 23.1 Å². The second-order valence-corrected chi connectivity index (χ2v) is 9.92. The van der Waals surface area contributed by atoms with E-state index in [1.165, 1.54) is 11.8 Å². The third-order valence-corrected chi connectivity index (χ3v) is 7.17. The summed E-state index contributed by atoms with van der Waals surface area (Å²) in [5, 5.41) is 12.7. The SMILES string of the molecule is CCCn1c(=O)c2ccccc2n2c(SC(C)C(=O)NC(c3ccccc3)c3ccccc3)nnc12. The van der Waals surface area contributed by atoms with Crippen molar-refractivity contribution in [1.29, 1.82) is 0 Å². The van der Waals surface area contributed by atoms with E-state index in [1.54, 1.807) is 4.57 Å². The van der Waals surface area contributed by atoms with Crippen molar-refractivity contribution < 1.29 is 4.79 Å². The molecule has 0 saturated carbocycles. The van der Waals surface area contributed by atoms with Crippen LogP contribution in [0.1, 0.15) is 37.4 Å². The highest BCUT2D eigenvalue weighted by atomic mass is 32.2. The van der Waals surface area contributed by atoms with Crippen LogP contribution in [0.25, 0.3) is 16.7 Å². The van der Waals surface area contributed by atoms with Crippen molar-refractivity contribution in [1.82, 2.24) is 24.5 Å². The van der Waals surface area contributed by atoms with E-state index in [9.17, 15) is 9.59 Å². The molecule has 5 aromatic rings. The van der Waals surface area contributed by atoms with Crippen molar-refractivity contribution in [2.24, 2.45) is 0 Å². The fraction of sp³-hybridized carbons (Fsp3) is 0.214. The summed E-state index contributed by atoms with van der Waals surface area (Å²) in [5.41, 5.74) is 2.67. The second kappa shape index (κ2) is 10.4. The Morgan fingerprint density at radius 3 is 2.17 bits per heavy atom. The van der Waals surface area contributed by atoms with Gasteiger partial charge in [0, 0.05) is 6.54 Å². The van der Waals surface area contributed by atoms with Crippen molar-refractivity contribution in [3.63, 3.8) is 0 Å². The Labute approximate surface area is 213 Å². The number of carbonyl (C=O) groups excluding carboxylic acids is 1. The highest BCUT2D eigenvalue weighted by Crippen LogP contribution is 2.27. The average Bonchev–Trinajstić information content (AvgIpc) is 3.34. The van der Waals surface area contributed by atoms with Gasteiger partial charge in [-0.05, 0) is 36.6 Å². The summed E-state index contributed by atoms with van der Waals surface area (Å²) >= 11 is 1.33. The third kappa shape index (κ3) is 4.52. The van der Waals surface area contributed by atoms with Crippen LogP contribution in [0.3, 0.4) is 0 Å². The summed E-state index contributed by atoms with van der Waals surface area (Å²) in [5.74, 6) is 0.378. The van der Waals surface area contributed by atoms with Gasteiger partial charge in [0.15, 0.2) is 5.16 Å². The molecule has 1 N–H and O–H groups in total. The smallest absolute Gasteiger partial charge is 0.262 e. The number of benzene rings is 3. The molecule has 1 unspecified atom stereocenters. The van der Waals surface area contributed by atoms with Crippen molar-refractivity contribution in [3.05, 3.63) is 106 Å². The lowest BCUT2D eigenvalue weighted by Crippen LogP contribution is -2.35. The van der Waals surface area contributed by atoms with Gasteiger partial charge in [-0.1, -0.05) is 91.5 Å². The van der Waals surface area contributed by atoms with Crippen LogP contribution in [0.15, 0.2) is 94.9 Å². The first-order chi connectivity index (χ1) is 17.6. The maximum atomic E-state index is 13.4. The standard InChI is InChI=1S/C28H27N5O2S/c1-3-18-32-26(35)22-16-10-11-17-23(22)33-27(32)30-31-28(33)36-19(2)25(34)29-24(20-12-6-4-7-13-20)21-14-8-5-9-15-21/h4-17,19,24H,3,18H2,1-2H3,(H,29,34). The molecule has 0 fully saturated rings. The maximum Gasteiger partial charge on any atom is 0.262 e. The second-order valence-electron chi connectivity index (χ2n) is 8.61. The Hall–Kier alpha value is -3.91. The molecule has 1 atom stereocenters. The van der Waals surface area contributed by atoms with Gasteiger partial charge in [-0.15, -0.1) is 10.2 Å². The highest BCUT2D eigenvalue weighted by molar-refractivity contribution is 8.00. The number of rotatable bonds is 8.